The number of amides is 1. The van der Waals surface area contributed by atoms with Gasteiger partial charge in [-0.1, -0.05) is 0 Å². The fourth-order valence-corrected chi connectivity index (χ4v) is 2.35. The summed E-state index contributed by atoms with van der Waals surface area (Å²) in [5.41, 5.74) is 0.598. The third-order valence-electron chi connectivity index (χ3n) is 3.77. The van der Waals surface area contributed by atoms with Crippen LogP contribution in [0, 0.1) is 0 Å². The number of H-pyrrole nitrogens is 1. The van der Waals surface area contributed by atoms with Crippen LogP contribution in [0.4, 0.5) is 0 Å². The van der Waals surface area contributed by atoms with Crippen molar-refractivity contribution in [1.29, 1.82) is 0 Å². The Bertz CT molecular complexity index is 1030. The number of aromatic nitrogens is 5. The molecule has 10 nitrogen and oxygen atoms in total. The lowest BCUT2D eigenvalue weighted by Gasteiger charge is -2.08. The second kappa shape index (κ2) is 9.21. The predicted molar refractivity (Wildman–Crippen MR) is 99.7 cm³/mol. The van der Waals surface area contributed by atoms with Gasteiger partial charge in [0.1, 0.15) is 6.61 Å². The number of hydrogen-bond acceptors (Lipinski definition) is 7. The minimum Gasteiger partial charge on any atom is -0.475 e. The van der Waals surface area contributed by atoms with Crippen molar-refractivity contribution in [2.75, 3.05) is 13.2 Å². The summed E-state index contributed by atoms with van der Waals surface area (Å²) in [6.07, 6.45) is 4.81. The van der Waals surface area contributed by atoms with Gasteiger partial charge in [0.15, 0.2) is 0 Å². The SMILES string of the molecule is O=C(CCn1ccc(=O)[nH]c1=O)NCCOc1ccc(-c2ccncc2)nn1. The Morgan fingerprint density at radius 2 is 1.93 bits per heavy atom. The van der Waals surface area contributed by atoms with E-state index in [1.54, 1.807) is 24.5 Å². The molecule has 0 radical (unpaired) electrons. The van der Waals surface area contributed by atoms with Gasteiger partial charge in [-0.15, -0.1) is 10.2 Å². The summed E-state index contributed by atoms with van der Waals surface area (Å²) in [7, 11) is 0. The molecule has 0 saturated heterocycles. The van der Waals surface area contributed by atoms with Crippen LogP contribution in [0.25, 0.3) is 11.3 Å². The van der Waals surface area contributed by atoms with Gasteiger partial charge in [-0.2, -0.15) is 0 Å². The smallest absolute Gasteiger partial charge is 0.328 e. The molecule has 3 heterocycles. The van der Waals surface area contributed by atoms with Crippen LogP contribution in [0.5, 0.6) is 5.88 Å². The Kier molecular flexibility index (Phi) is 6.24. The van der Waals surface area contributed by atoms with Gasteiger partial charge in [-0.3, -0.25) is 19.6 Å². The predicted octanol–water partition coefficient (Wildman–Crippen LogP) is -0.0261. The second-order valence-corrected chi connectivity index (χ2v) is 5.74. The highest BCUT2D eigenvalue weighted by molar-refractivity contribution is 5.75. The molecule has 144 valence electrons. The Morgan fingerprint density at radius 3 is 2.64 bits per heavy atom. The lowest BCUT2D eigenvalue weighted by Crippen LogP contribution is -2.32. The van der Waals surface area contributed by atoms with E-state index in [2.05, 4.69) is 25.5 Å². The zero-order valence-corrected chi connectivity index (χ0v) is 14.9. The average molecular weight is 382 g/mol. The summed E-state index contributed by atoms with van der Waals surface area (Å²) in [6.45, 7) is 0.686. The lowest BCUT2D eigenvalue weighted by molar-refractivity contribution is -0.121. The average Bonchev–Trinajstić information content (AvgIpc) is 2.72. The van der Waals surface area contributed by atoms with Crippen LogP contribution in [0.3, 0.4) is 0 Å². The number of rotatable bonds is 8. The number of hydrogen-bond donors (Lipinski definition) is 2. The van der Waals surface area contributed by atoms with Crippen LogP contribution in [-0.4, -0.2) is 43.8 Å². The van der Waals surface area contributed by atoms with Gasteiger partial charge in [-0.05, 0) is 18.2 Å². The molecule has 0 aliphatic carbocycles. The summed E-state index contributed by atoms with van der Waals surface area (Å²) in [6, 6.07) is 8.39. The highest BCUT2D eigenvalue weighted by atomic mass is 16.5. The topological polar surface area (TPSA) is 132 Å². The van der Waals surface area contributed by atoms with Crippen molar-refractivity contribution >= 4 is 5.91 Å². The van der Waals surface area contributed by atoms with Crippen molar-refractivity contribution in [2.45, 2.75) is 13.0 Å². The number of nitrogens with one attached hydrogen (secondary N) is 2. The normalized spacial score (nSPS) is 10.4. The molecule has 0 aliphatic rings. The number of ether oxygens (including phenoxy) is 1. The third-order valence-corrected chi connectivity index (χ3v) is 3.77. The van der Waals surface area contributed by atoms with E-state index in [-0.39, 0.29) is 32.0 Å². The van der Waals surface area contributed by atoms with Crippen molar-refractivity contribution in [2.24, 2.45) is 0 Å². The summed E-state index contributed by atoms with van der Waals surface area (Å²) >= 11 is 0. The molecule has 0 spiro atoms. The maximum absolute atomic E-state index is 11.8. The van der Waals surface area contributed by atoms with E-state index in [1.165, 1.54) is 16.8 Å². The van der Waals surface area contributed by atoms with Crippen LogP contribution in [-0.2, 0) is 11.3 Å². The fourth-order valence-electron chi connectivity index (χ4n) is 2.35. The number of aromatic amines is 1. The fraction of sp³-hybridized carbons (Fsp3) is 0.222. The molecule has 28 heavy (non-hydrogen) atoms. The van der Waals surface area contributed by atoms with Gasteiger partial charge in [0.2, 0.25) is 11.8 Å². The first-order valence-electron chi connectivity index (χ1n) is 8.55. The molecule has 0 atom stereocenters. The molecule has 2 N–H and O–H groups in total. The van der Waals surface area contributed by atoms with E-state index < -0.39 is 11.2 Å². The Balaban J connectivity index is 1.38. The van der Waals surface area contributed by atoms with Gasteiger partial charge in [0.25, 0.3) is 5.56 Å². The zero-order valence-electron chi connectivity index (χ0n) is 14.9. The minimum atomic E-state index is -0.544. The van der Waals surface area contributed by atoms with E-state index in [4.69, 9.17) is 4.74 Å². The molecule has 3 rings (SSSR count). The van der Waals surface area contributed by atoms with Gasteiger partial charge in [0.05, 0.1) is 12.2 Å². The maximum atomic E-state index is 11.8. The summed E-state index contributed by atoms with van der Waals surface area (Å²) in [4.78, 5) is 40.4. The molecule has 3 aromatic heterocycles. The first kappa shape index (κ1) is 19.0. The number of pyridine rings is 1. The standard InChI is InChI=1S/C18H18N6O4/c25-15(5-10-24-11-6-16(26)21-18(24)27)20-9-12-28-17-2-1-14(22-23-17)13-3-7-19-8-4-13/h1-4,6-8,11H,5,9-10,12H2,(H,20,25)(H,21,26,27). The van der Waals surface area contributed by atoms with Crippen molar-refractivity contribution in [3.8, 4) is 17.1 Å². The first-order valence-corrected chi connectivity index (χ1v) is 8.55. The van der Waals surface area contributed by atoms with Crippen LogP contribution >= 0.6 is 0 Å². The molecule has 3 aromatic rings. The molecule has 0 unspecified atom stereocenters. The minimum absolute atomic E-state index is 0.104. The largest absolute Gasteiger partial charge is 0.475 e. The number of carbonyl (C=O) groups excluding carboxylic acids is 1. The van der Waals surface area contributed by atoms with Gasteiger partial charge in [0, 0.05) is 49.3 Å². The molecule has 0 aliphatic heterocycles. The molecular weight excluding hydrogens is 364 g/mol. The molecule has 1 amide bonds. The molecule has 0 saturated carbocycles. The lowest BCUT2D eigenvalue weighted by atomic mass is 10.2. The van der Waals surface area contributed by atoms with Crippen molar-refractivity contribution in [1.82, 2.24) is 30.0 Å². The van der Waals surface area contributed by atoms with Gasteiger partial charge >= 0.3 is 5.69 Å². The van der Waals surface area contributed by atoms with Gasteiger partial charge in [-0.25, -0.2) is 4.79 Å². The van der Waals surface area contributed by atoms with E-state index >= 15 is 0 Å². The third kappa shape index (κ3) is 5.34. The second-order valence-electron chi connectivity index (χ2n) is 5.74. The summed E-state index contributed by atoms with van der Waals surface area (Å²) in [5.74, 6) is 0.118. The maximum Gasteiger partial charge on any atom is 0.328 e. The summed E-state index contributed by atoms with van der Waals surface area (Å²) in [5, 5.41) is 10.8. The van der Waals surface area contributed by atoms with E-state index in [1.807, 2.05) is 12.1 Å². The highest BCUT2D eigenvalue weighted by Crippen LogP contribution is 2.16. The Hall–Kier alpha value is -3.82. The Morgan fingerprint density at radius 1 is 1.11 bits per heavy atom. The van der Waals surface area contributed by atoms with Crippen molar-refractivity contribution < 1.29 is 9.53 Å². The molecule has 0 bridgehead atoms. The van der Waals surface area contributed by atoms with Crippen LogP contribution in [0.15, 0.2) is 58.5 Å². The van der Waals surface area contributed by atoms with Crippen LogP contribution in [0.1, 0.15) is 6.42 Å². The number of nitrogens with zero attached hydrogens (tertiary/aromatic N) is 4. The molecule has 0 aromatic carbocycles. The highest BCUT2D eigenvalue weighted by Gasteiger charge is 2.04. The van der Waals surface area contributed by atoms with E-state index in [0.29, 0.717) is 11.6 Å². The molecule has 0 fully saturated rings. The van der Waals surface area contributed by atoms with Crippen molar-refractivity contribution in [3.63, 3.8) is 0 Å². The summed E-state index contributed by atoms with van der Waals surface area (Å²) < 4.78 is 6.71. The quantitative estimate of drug-likeness (QED) is 0.523. The first-order chi connectivity index (χ1) is 13.6. The number of carbonyl (C=O) groups is 1. The van der Waals surface area contributed by atoms with Crippen LogP contribution < -0.4 is 21.3 Å². The molecule has 10 heteroatoms. The van der Waals surface area contributed by atoms with Crippen LogP contribution in [0.2, 0.25) is 0 Å². The van der Waals surface area contributed by atoms with E-state index in [0.717, 1.165) is 5.56 Å². The van der Waals surface area contributed by atoms with Crippen molar-refractivity contribution in [3.05, 3.63) is 69.8 Å². The zero-order chi connectivity index (χ0) is 19.8. The number of aryl methyl sites for hydroxylation is 1. The Labute approximate surface area is 159 Å². The molecular formula is C18H18N6O4. The van der Waals surface area contributed by atoms with Gasteiger partial charge < -0.3 is 14.6 Å². The monoisotopic (exact) mass is 382 g/mol. The van der Waals surface area contributed by atoms with E-state index in [9.17, 15) is 14.4 Å².